The highest BCUT2D eigenvalue weighted by atomic mass is 15.3. The zero-order chi connectivity index (χ0) is 14.1. The Bertz CT molecular complexity index is 669. The third kappa shape index (κ3) is 2.01. The van der Waals surface area contributed by atoms with Crippen LogP contribution in [0.2, 0.25) is 0 Å². The van der Waals surface area contributed by atoms with Gasteiger partial charge in [-0.3, -0.25) is 0 Å². The highest BCUT2D eigenvalue weighted by Crippen LogP contribution is 2.34. The number of aromatic nitrogens is 4. The molecule has 0 aliphatic carbocycles. The molecule has 0 bridgehead atoms. The van der Waals surface area contributed by atoms with E-state index < -0.39 is 0 Å². The zero-order valence-corrected chi connectivity index (χ0v) is 11.6. The lowest BCUT2D eigenvalue weighted by Crippen LogP contribution is -2.26. The van der Waals surface area contributed by atoms with E-state index in [9.17, 15) is 0 Å². The van der Waals surface area contributed by atoms with Crippen molar-refractivity contribution >= 4 is 5.82 Å². The third-order valence-corrected chi connectivity index (χ3v) is 3.78. The number of nitrogens with zero attached hydrogens (tertiary/aromatic N) is 6. The van der Waals surface area contributed by atoms with Gasteiger partial charge in [0.05, 0.1) is 6.04 Å². The van der Waals surface area contributed by atoms with Gasteiger partial charge in [0, 0.05) is 13.6 Å². The molecule has 1 atom stereocenters. The summed E-state index contributed by atoms with van der Waals surface area (Å²) in [6.45, 7) is 2.83. The van der Waals surface area contributed by atoms with Gasteiger partial charge in [0.15, 0.2) is 5.82 Å². The van der Waals surface area contributed by atoms with Crippen molar-refractivity contribution in [3.05, 3.63) is 35.5 Å². The standard InChI is InChI=1S/C14H16N6/c1-10-5-6-13(17-11(10)8-15)20-7-3-4-12(20)14-18-16-9-19(14)2/h5-6,9,12H,3-4,7H2,1-2H3. The quantitative estimate of drug-likeness (QED) is 0.829. The molecule has 0 amide bonds. The van der Waals surface area contributed by atoms with Crippen molar-refractivity contribution in [1.29, 1.82) is 5.26 Å². The molecule has 6 heteroatoms. The number of nitriles is 1. The van der Waals surface area contributed by atoms with Crippen LogP contribution in [0.4, 0.5) is 5.82 Å². The summed E-state index contributed by atoms with van der Waals surface area (Å²) in [6, 6.07) is 6.26. The maximum atomic E-state index is 9.12. The van der Waals surface area contributed by atoms with Crippen LogP contribution < -0.4 is 4.90 Å². The second-order valence-electron chi connectivity index (χ2n) is 5.10. The fraction of sp³-hybridized carbons (Fsp3) is 0.429. The predicted octanol–water partition coefficient (Wildman–Crippen LogP) is 1.73. The number of anilines is 1. The molecule has 0 radical (unpaired) electrons. The lowest BCUT2D eigenvalue weighted by atomic mass is 10.2. The molecule has 2 aromatic heterocycles. The largest absolute Gasteiger partial charge is 0.346 e. The van der Waals surface area contributed by atoms with Crippen LogP contribution in [-0.2, 0) is 7.05 Å². The fourth-order valence-corrected chi connectivity index (χ4v) is 2.69. The first-order chi connectivity index (χ1) is 9.70. The number of hydrogen-bond acceptors (Lipinski definition) is 5. The normalized spacial score (nSPS) is 18.2. The molecule has 102 valence electrons. The summed E-state index contributed by atoms with van der Waals surface area (Å²) < 4.78 is 1.95. The Morgan fingerprint density at radius 1 is 1.40 bits per heavy atom. The molecule has 0 saturated carbocycles. The summed E-state index contributed by atoms with van der Waals surface area (Å²) in [5.41, 5.74) is 1.40. The van der Waals surface area contributed by atoms with E-state index in [1.54, 1.807) is 6.33 Å². The van der Waals surface area contributed by atoms with E-state index >= 15 is 0 Å². The first-order valence-electron chi connectivity index (χ1n) is 6.69. The van der Waals surface area contributed by atoms with Gasteiger partial charge in [-0.25, -0.2) is 4.98 Å². The fourth-order valence-electron chi connectivity index (χ4n) is 2.69. The van der Waals surface area contributed by atoms with Crippen LogP contribution in [0.5, 0.6) is 0 Å². The van der Waals surface area contributed by atoms with Gasteiger partial charge in [-0.15, -0.1) is 10.2 Å². The third-order valence-electron chi connectivity index (χ3n) is 3.78. The van der Waals surface area contributed by atoms with Crippen LogP contribution in [-0.4, -0.2) is 26.3 Å². The van der Waals surface area contributed by atoms with Gasteiger partial charge in [0.2, 0.25) is 0 Å². The lowest BCUT2D eigenvalue weighted by molar-refractivity contribution is 0.625. The molecule has 0 N–H and O–H groups in total. The minimum Gasteiger partial charge on any atom is -0.346 e. The van der Waals surface area contributed by atoms with Crippen LogP contribution in [0.3, 0.4) is 0 Å². The van der Waals surface area contributed by atoms with E-state index in [2.05, 4.69) is 26.2 Å². The van der Waals surface area contributed by atoms with E-state index in [0.717, 1.165) is 36.6 Å². The molecule has 1 fully saturated rings. The molecule has 0 aromatic carbocycles. The summed E-state index contributed by atoms with van der Waals surface area (Å²) in [5, 5.41) is 17.3. The SMILES string of the molecule is Cc1ccc(N2CCCC2c2nncn2C)nc1C#N. The van der Waals surface area contributed by atoms with Crippen molar-refractivity contribution in [1.82, 2.24) is 19.7 Å². The van der Waals surface area contributed by atoms with Crippen molar-refractivity contribution in [3.63, 3.8) is 0 Å². The molecular weight excluding hydrogens is 252 g/mol. The molecular formula is C14H16N6. The van der Waals surface area contributed by atoms with Crippen LogP contribution in [0.25, 0.3) is 0 Å². The van der Waals surface area contributed by atoms with Gasteiger partial charge in [0.25, 0.3) is 0 Å². The Labute approximate surface area is 117 Å². The lowest BCUT2D eigenvalue weighted by Gasteiger charge is -2.25. The maximum Gasteiger partial charge on any atom is 0.155 e. The van der Waals surface area contributed by atoms with E-state index in [1.165, 1.54) is 0 Å². The Morgan fingerprint density at radius 2 is 2.25 bits per heavy atom. The van der Waals surface area contributed by atoms with Crippen molar-refractivity contribution in [2.75, 3.05) is 11.4 Å². The van der Waals surface area contributed by atoms with Crippen molar-refractivity contribution in [3.8, 4) is 6.07 Å². The van der Waals surface area contributed by atoms with E-state index in [-0.39, 0.29) is 6.04 Å². The molecule has 6 nitrogen and oxygen atoms in total. The predicted molar refractivity (Wildman–Crippen MR) is 74.0 cm³/mol. The second kappa shape index (κ2) is 4.93. The number of aryl methyl sites for hydroxylation is 2. The number of hydrogen-bond donors (Lipinski definition) is 0. The first-order valence-corrected chi connectivity index (χ1v) is 6.69. The molecule has 1 unspecified atom stereocenters. The van der Waals surface area contributed by atoms with Crippen molar-refractivity contribution in [2.24, 2.45) is 7.05 Å². The number of pyridine rings is 1. The first kappa shape index (κ1) is 12.6. The Balaban J connectivity index is 1.97. The molecule has 3 rings (SSSR count). The average molecular weight is 268 g/mol. The van der Waals surface area contributed by atoms with Gasteiger partial charge < -0.3 is 9.47 Å². The van der Waals surface area contributed by atoms with Crippen LogP contribution in [0.1, 0.15) is 36.0 Å². The minimum absolute atomic E-state index is 0.184. The summed E-state index contributed by atoms with van der Waals surface area (Å²) in [5.74, 6) is 1.79. The van der Waals surface area contributed by atoms with Gasteiger partial charge in [-0.2, -0.15) is 5.26 Å². The monoisotopic (exact) mass is 268 g/mol. The van der Waals surface area contributed by atoms with E-state index in [1.807, 2.05) is 30.7 Å². The van der Waals surface area contributed by atoms with Crippen molar-refractivity contribution in [2.45, 2.75) is 25.8 Å². The molecule has 1 saturated heterocycles. The van der Waals surface area contributed by atoms with Gasteiger partial charge in [-0.05, 0) is 31.4 Å². The molecule has 2 aromatic rings. The van der Waals surface area contributed by atoms with Crippen LogP contribution in [0.15, 0.2) is 18.5 Å². The highest BCUT2D eigenvalue weighted by molar-refractivity contribution is 5.47. The average Bonchev–Trinajstić information content (AvgIpc) is 3.07. The summed E-state index contributed by atoms with van der Waals surface area (Å²) in [7, 11) is 1.95. The smallest absolute Gasteiger partial charge is 0.155 e. The minimum atomic E-state index is 0.184. The molecule has 3 heterocycles. The van der Waals surface area contributed by atoms with Gasteiger partial charge in [0.1, 0.15) is 23.9 Å². The molecule has 1 aliphatic heterocycles. The maximum absolute atomic E-state index is 9.12. The van der Waals surface area contributed by atoms with E-state index in [0.29, 0.717) is 5.69 Å². The Morgan fingerprint density at radius 3 is 2.95 bits per heavy atom. The molecule has 0 spiro atoms. The van der Waals surface area contributed by atoms with Crippen LogP contribution >= 0.6 is 0 Å². The summed E-state index contributed by atoms with van der Waals surface area (Å²) >= 11 is 0. The zero-order valence-electron chi connectivity index (χ0n) is 11.6. The van der Waals surface area contributed by atoms with Crippen molar-refractivity contribution < 1.29 is 0 Å². The van der Waals surface area contributed by atoms with Gasteiger partial charge >= 0.3 is 0 Å². The Hall–Kier alpha value is -2.42. The van der Waals surface area contributed by atoms with Gasteiger partial charge in [-0.1, -0.05) is 6.07 Å². The van der Waals surface area contributed by atoms with Crippen LogP contribution in [0, 0.1) is 18.3 Å². The Kier molecular flexibility index (Phi) is 3.11. The second-order valence-corrected chi connectivity index (χ2v) is 5.10. The highest BCUT2D eigenvalue weighted by Gasteiger charge is 2.30. The number of rotatable bonds is 2. The molecule has 20 heavy (non-hydrogen) atoms. The summed E-state index contributed by atoms with van der Waals surface area (Å²) in [4.78, 5) is 6.68. The molecule has 1 aliphatic rings. The van der Waals surface area contributed by atoms with E-state index in [4.69, 9.17) is 5.26 Å². The summed E-state index contributed by atoms with van der Waals surface area (Å²) in [6.07, 6.45) is 3.84. The topological polar surface area (TPSA) is 70.6 Å².